The number of aryl methyl sites for hydroxylation is 1. The van der Waals surface area contributed by atoms with E-state index in [1.807, 2.05) is 24.3 Å². The number of hydrogen-bond donors (Lipinski definition) is 0. The SMILES string of the molecule is Cc1ccc(-c2ccc(CC3CC3)cc2)c(F)c1F. The molecule has 2 heteroatoms. The minimum absolute atomic E-state index is 0.334. The number of benzene rings is 2. The zero-order valence-corrected chi connectivity index (χ0v) is 10.9. The summed E-state index contributed by atoms with van der Waals surface area (Å²) in [5.74, 6) is -0.672. The van der Waals surface area contributed by atoms with Crippen molar-refractivity contribution in [2.75, 3.05) is 0 Å². The molecule has 2 aromatic rings. The lowest BCUT2D eigenvalue weighted by Crippen LogP contribution is -1.93. The molecule has 2 aromatic carbocycles. The second kappa shape index (κ2) is 4.76. The van der Waals surface area contributed by atoms with Crippen molar-refractivity contribution in [2.24, 2.45) is 5.92 Å². The van der Waals surface area contributed by atoms with Gasteiger partial charge in [0.1, 0.15) is 0 Å². The van der Waals surface area contributed by atoms with Crippen molar-refractivity contribution in [2.45, 2.75) is 26.2 Å². The highest BCUT2D eigenvalue weighted by Gasteiger charge is 2.21. The van der Waals surface area contributed by atoms with Gasteiger partial charge >= 0.3 is 0 Å². The Morgan fingerprint density at radius 2 is 1.63 bits per heavy atom. The minimum atomic E-state index is -0.755. The number of hydrogen-bond acceptors (Lipinski definition) is 0. The summed E-state index contributed by atoms with van der Waals surface area (Å²) < 4.78 is 27.5. The Hall–Kier alpha value is -1.70. The van der Waals surface area contributed by atoms with Crippen molar-refractivity contribution in [3.05, 3.63) is 59.2 Å². The Morgan fingerprint density at radius 1 is 0.947 bits per heavy atom. The van der Waals surface area contributed by atoms with Crippen LogP contribution in [0.2, 0.25) is 0 Å². The maximum absolute atomic E-state index is 13.9. The first kappa shape index (κ1) is 12.3. The van der Waals surface area contributed by atoms with E-state index in [-0.39, 0.29) is 0 Å². The lowest BCUT2D eigenvalue weighted by atomic mass is 10.00. The van der Waals surface area contributed by atoms with Crippen LogP contribution in [0.25, 0.3) is 11.1 Å². The molecule has 0 spiro atoms. The highest BCUT2D eigenvalue weighted by Crippen LogP contribution is 2.33. The topological polar surface area (TPSA) is 0 Å². The van der Waals surface area contributed by atoms with E-state index in [1.165, 1.54) is 18.4 Å². The molecule has 0 atom stereocenters. The van der Waals surface area contributed by atoms with Gasteiger partial charge in [-0.15, -0.1) is 0 Å². The lowest BCUT2D eigenvalue weighted by molar-refractivity contribution is 0.505. The van der Waals surface area contributed by atoms with Gasteiger partial charge in [-0.25, -0.2) is 8.78 Å². The first-order chi connectivity index (χ1) is 9.15. The van der Waals surface area contributed by atoms with Gasteiger partial charge in [-0.1, -0.05) is 36.4 Å². The fourth-order valence-corrected chi connectivity index (χ4v) is 2.34. The van der Waals surface area contributed by atoms with Crippen LogP contribution >= 0.6 is 0 Å². The van der Waals surface area contributed by atoms with Gasteiger partial charge < -0.3 is 0 Å². The van der Waals surface area contributed by atoms with Crippen LogP contribution in [0.5, 0.6) is 0 Å². The Kier molecular flexibility index (Phi) is 3.09. The standard InChI is InChI=1S/C17H16F2/c1-11-2-9-15(17(19)16(11)18)14-7-5-13(6-8-14)10-12-3-4-12/h2,5-9,12H,3-4,10H2,1H3. The third-order valence-corrected chi connectivity index (χ3v) is 3.76. The largest absolute Gasteiger partial charge is 0.203 e. The Morgan fingerprint density at radius 3 is 2.26 bits per heavy atom. The summed E-state index contributed by atoms with van der Waals surface area (Å²) in [4.78, 5) is 0. The van der Waals surface area contributed by atoms with Crippen LogP contribution in [0, 0.1) is 24.5 Å². The van der Waals surface area contributed by atoms with Crippen molar-refractivity contribution >= 4 is 0 Å². The normalized spacial score (nSPS) is 14.7. The van der Waals surface area contributed by atoms with Crippen LogP contribution in [0.4, 0.5) is 8.78 Å². The molecule has 19 heavy (non-hydrogen) atoms. The number of halogens is 2. The zero-order chi connectivity index (χ0) is 13.4. The summed E-state index contributed by atoms with van der Waals surface area (Å²) in [6, 6.07) is 11.1. The third kappa shape index (κ3) is 2.53. The van der Waals surface area contributed by atoms with E-state index in [1.54, 1.807) is 19.1 Å². The smallest absolute Gasteiger partial charge is 0.166 e. The van der Waals surface area contributed by atoms with Crippen molar-refractivity contribution in [3.8, 4) is 11.1 Å². The van der Waals surface area contributed by atoms with Crippen LogP contribution < -0.4 is 0 Å². The Balaban J connectivity index is 1.91. The molecule has 3 rings (SSSR count). The molecule has 1 aliphatic carbocycles. The summed E-state index contributed by atoms with van der Waals surface area (Å²) in [5, 5.41) is 0. The molecular formula is C17H16F2. The van der Waals surface area contributed by atoms with E-state index >= 15 is 0 Å². The molecule has 1 fully saturated rings. The first-order valence-electron chi connectivity index (χ1n) is 6.69. The summed E-state index contributed by atoms with van der Waals surface area (Å²) in [6.07, 6.45) is 3.74. The molecule has 0 bridgehead atoms. The van der Waals surface area contributed by atoms with Crippen molar-refractivity contribution < 1.29 is 8.78 Å². The molecule has 0 aliphatic heterocycles. The molecule has 98 valence electrons. The molecular weight excluding hydrogens is 242 g/mol. The molecule has 0 heterocycles. The van der Waals surface area contributed by atoms with Crippen molar-refractivity contribution in [1.29, 1.82) is 0 Å². The summed E-state index contributed by atoms with van der Waals surface area (Å²) in [7, 11) is 0. The van der Waals surface area contributed by atoms with E-state index in [4.69, 9.17) is 0 Å². The molecule has 0 amide bonds. The van der Waals surface area contributed by atoms with Gasteiger partial charge in [0, 0.05) is 5.56 Å². The van der Waals surface area contributed by atoms with Gasteiger partial charge in [-0.05, 0) is 48.8 Å². The van der Waals surface area contributed by atoms with Gasteiger partial charge in [0.2, 0.25) is 0 Å². The van der Waals surface area contributed by atoms with Crippen LogP contribution in [-0.2, 0) is 6.42 Å². The van der Waals surface area contributed by atoms with Crippen LogP contribution in [0.15, 0.2) is 36.4 Å². The third-order valence-electron chi connectivity index (χ3n) is 3.76. The molecule has 0 saturated heterocycles. The fraction of sp³-hybridized carbons (Fsp3) is 0.294. The predicted molar refractivity (Wildman–Crippen MR) is 73.0 cm³/mol. The van der Waals surface area contributed by atoms with Crippen LogP contribution in [-0.4, -0.2) is 0 Å². The molecule has 1 saturated carbocycles. The van der Waals surface area contributed by atoms with Crippen molar-refractivity contribution in [3.63, 3.8) is 0 Å². The highest BCUT2D eigenvalue weighted by atomic mass is 19.2. The zero-order valence-electron chi connectivity index (χ0n) is 10.9. The maximum atomic E-state index is 13.9. The minimum Gasteiger partial charge on any atom is -0.203 e. The van der Waals surface area contributed by atoms with Crippen LogP contribution in [0.1, 0.15) is 24.0 Å². The molecule has 1 aliphatic rings. The second-order valence-corrected chi connectivity index (χ2v) is 5.40. The van der Waals surface area contributed by atoms with Gasteiger partial charge in [0.05, 0.1) is 0 Å². The summed E-state index contributed by atoms with van der Waals surface area (Å²) >= 11 is 0. The van der Waals surface area contributed by atoms with E-state index in [2.05, 4.69) is 0 Å². The maximum Gasteiger partial charge on any atom is 0.166 e. The van der Waals surface area contributed by atoms with Gasteiger partial charge in [-0.3, -0.25) is 0 Å². The molecule has 0 aromatic heterocycles. The monoisotopic (exact) mass is 258 g/mol. The molecule has 0 radical (unpaired) electrons. The van der Waals surface area contributed by atoms with E-state index in [0.717, 1.165) is 17.9 Å². The molecule has 0 unspecified atom stereocenters. The second-order valence-electron chi connectivity index (χ2n) is 5.40. The van der Waals surface area contributed by atoms with Crippen molar-refractivity contribution in [1.82, 2.24) is 0 Å². The van der Waals surface area contributed by atoms with E-state index < -0.39 is 11.6 Å². The highest BCUT2D eigenvalue weighted by molar-refractivity contribution is 5.65. The molecule has 0 nitrogen and oxygen atoms in total. The number of rotatable bonds is 3. The Bertz CT molecular complexity index is 595. The van der Waals surface area contributed by atoms with Crippen LogP contribution in [0.3, 0.4) is 0 Å². The van der Waals surface area contributed by atoms with E-state index in [0.29, 0.717) is 11.1 Å². The lowest BCUT2D eigenvalue weighted by Gasteiger charge is -2.07. The van der Waals surface area contributed by atoms with Gasteiger partial charge in [0.25, 0.3) is 0 Å². The summed E-state index contributed by atoms with van der Waals surface area (Å²) in [5.41, 5.74) is 2.68. The fourth-order valence-electron chi connectivity index (χ4n) is 2.34. The van der Waals surface area contributed by atoms with E-state index in [9.17, 15) is 8.78 Å². The average molecular weight is 258 g/mol. The van der Waals surface area contributed by atoms with Gasteiger partial charge in [0.15, 0.2) is 11.6 Å². The predicted octanol–water partition coefficient (Wildman–Crippen LogP) is 4.89. The summed E-state index contributed by atoms with van der Waals surface area (Å²) in [6.45, 7) is 1.57. The Labute approximate surface area is 112 Å². The molecule has 0 N–H and O–H groups in total. The quantitative estimate of drug-likeness (QED) is 0.735. The van der Waals surface area contributed by atoms with Gasteiger partial charge in [-0.2, -0.15) is 0 Å². The average Bonchev–Trinajstić information content (AvgIpc) is 3.22. The first-order valence-corrected chi connectivity index (χ1v) is 6.69.